The van der Waals surface area contributed by atoms with Gasteiger partial charge in [0.2, 0.25) is 0 Å². The van der Waals surface area contributed by atoms with Crippen molar-refractivity contribution in [2.75, 3.05) is 13.7 Å². The van der Waals surface area contributed by atoms with E-state index in [1.807, 2.05) is 0 Å². The van der Waals surface area contributed by atoms with Gasteiger partial charge in [-0.3, -0.25) is 9.59 Å². The molecular formula is C23H32O8. The first-order valence-electron chi connectivity index (χ1n) is 10.6. The molecule has 0 unspecified atom stereocenters. The molecule has 0 spiro atoms. The second-order valence-corrected chi connectivity index (χ2v) is 10.6. The highest BCUT2D eigenvalue weighted by molar-refractivity contribution is 6.05. The SMILES string of the molecule is CO[C@]1(C)[C@@]2(O)[C@@H](C=C(CO)C[C@]3(O)C(=O)C(C)=C[C@@H]23)[C@H]2C(C)(C)[C@]2(O)[C@@]1(O)C(C)=O. The molecule has 2 fully saturated rings. The number of Topliss-reactive ketones (excluding diaryl/α,β-unsaturated/α-hetero) is 2. The molecule has 4 aliphatic rings. The van der Waals surface area contributed by atoms with Crippen LogP contribution in [0.15, 0.2) is 23.3 Å². The second kappa shape index (κ2) is 5.92. The highest BCUT2D eigenvalue weighted by atomic mass is 16.5. The maximum absolute atomic E-state index is 13.0. The van der Waals surface area contributed by atoms with Crippen LogP contribution in [0.25, 0.3) is 0 Å². The number of rotatable bonds is 3. The lowest BCUT2D eigenvalue weighted by Crippen LogP contribution is -2.82. The molecule has 31 heavy (non-hydrogen) atoms. The van der Waals surface area contributed by atoms with Gasteiger partial charge < -0.3 is 30.3 Å². The Hall–Kier alpha value is -1.42. The van der Waals surface area contributed by atoms with Crippen molar-refractivity contribution in [2.45, 2.75) is 69.0 Å². The summed E-state index contributed by atoms with van der Waals surface area (Å²) in [5, 5.41) is 57.6. The zero-order valence-corrected chi connectivity index (χ0v) is 18.8. The van der Waals surface area contributed by atoms with Gasteiger partial charge in [-0.2, -0.15) is 0 Å². The van der Waals surface area contributed by atoms with Crippen molar-refractivity contribution >= 4 is 11.6 Å². The van der Waals surface area contributed by atoms with Gasteiger partial charge in [0.1, 0.15) is 22.4 Å². The average molecular weight is 437 g/mol. The number of hydrogen-bond acceptors (Lipinski definition) is 8. The summed E-state index contributed by atoms with van der Waals surface area (Å²) in [5.41, 5.74) is -11.3. The van der Waals surface area contributed by atoms with Crippen LogP contribution in [-0.2, 0) is 14.3 Å². The molecule has 5 N–H and O–H groups in total. The van der Waals surface area contributed by atoms with Gasteiger partial charge in [0.15, 0.2) is 17.2 Å². The van der Waals surface area contributed by atoms with Crippen LogP contribution in [-0.4, -0.2) is 78.8 Å². The van der Waals surface area contributed by atoms with Crippen LogP contribution in [0, 0.1) is 23.2 Å². The lowest BCUT2D eigenvalue weighted by atomic mass is 9.51. The molecule has 0 aromatic carbocycles. The van der Waals surface area contributed by atoms with Crippen molar-refractivity contribution in [1.29, 1.82) is 0 Å². The van der Waals surface area contributed by atoms with Gasteiger partial charge in [0.05, 0.1) is 6.61 Å². The lowest BCUT2D eigenvalue weighted by Gasteiger charge is -2.61. The second-order valence-electron chi connectivity index (χ2n) is 10.6. The van der Waals surface area contributed by atoms with Crippen LogP contribution in [0.3, 0.4) is 0 Å². The predicted octanol–water partition coefficient (Wildman–Crippen LogP) is -0.342. The van der Waals surface area contributed by atoms with Crippen molar-refractivity contribution in [3.8, 4) is 0 Å². The summed E-state index contributed by atoms with van der Waals surface area (Å²) in [6, 6.07) is 0. The van der Waals surface area contributed by atoms with Crippen LogP contribution in [0.4, 0.5) is 0 Å². The van der Waals surface area contributed by atoms with E-state index in [2.05, 4.69) is 0 Å². The number of ketones is 2. The van der Waals surface area contributed by atoms with Gasteiger partial charge in [-0.05, 0) is 31.9 Å². The van der Waals surface area contributed by atoms with Crippen LogP contribution in [0.1, 0.15) is 41.0 Å². The molecule has 8 nitrogen and oxygen atoms in total. The van der Waals surface area contributed by atoms with E-state index in [4.69, 9.17) is 4.74 Å². The molecule has 0 aliphatic heterocycles. The van der Waals surface area contributed by atoms with Gasteiger partial charge >= 0.3 is 0 Å². The van der Waals surface area contributed by atoms with Gasteiger partial charge in [0.25, 0.3) is 0 Å². The molecule has 0 saturated heterocycles. The maximum atomic E-state index is 13.0. The number of aliphatic hydroxyl groups excluding tert-OH is 1. The number of ether oxygens (including phenoxy) is 1. The van der Waals surface area contributed by atoms with Crippen molar-refractivity contribution in [3.05, 3.63) is 23.3 Å². The molecule has 2 saturated carbocycles. The largest absolute Gasteiger partial charge is 0.392 e. The van der Waals surface area contributed by atoms with Crippen LogP contribution < -0.4 is 0 Å². The fourth-order valence-corrected chi connectivity index (χ4v) is 7.44. The van der Waals surface area contributed by atoms with Gasteiger partial charge in [-0.25, -0.2) is 0 Å². The van der Waals surface area contributed by atoms with Gasteiger partial charge in [0, 0.05) is 36.7 Å². The Morgan fingerprint density at radius 3 is 2.23 bits per heavy atom. The van der Waals surface area contributed by atoms with Gasteiger partial charge in [-0.15, -0.1) is 0 Å². The van der Waals surface area contributed by atoms with E-state index in [-0.39, 0.29) is 12.0 Å². The summed E-state index contributed by atoms with van der Waals surface area (Å²) in [7, 11) is 1.22. The summed E-state index contributed by atoms with van der Waals surface area (Å²) >= 11 is 0. The first-order chi connectivity index (χ1) is 14.1. The quantitative estimate of drug-likeness (QED) is 0.378. The van der Waals surface area contributed by atoms with Crippen molar-refractivity contribution < 1.29 is 39.9 Å². The molecule has 172 valence electrons. The normalized spacial score (nSPS) is 52.4. The minimum absolute atomic E-state index is 0.219. The highest BCUT2D eigenvalue weighted by Crippen LogP contribution is 2.79. The van der Waals surface area contributed by atoms with Crippen LogP contribution in [0.2, 0.25) is 0 Å². The zero-order valence-electron chi connectivity index (χ0n) is 18.8. The summed E-state index contributed by atoms with van der Waals surface area (Å²) in [5.74, 6) is -4.34. The maximum Gasteiger partial charge on any atom is 0.190 e. The minimum Gasteiger partial charge on any atom is -0.392 e. The third-order valence-corrected chi connectivity index (χ3v) is 9.19. The summed E-state index contributed by atoms with van der Waals surface area (Å²) in [4.78, 5) is 26.0. The van der Waals surface area contributed by atoms with Gasteiger partial charge in [-0.1, -0.05) is 26.0 Å². The number of fused-ring (bicyclic) bond motifs is 5. The molecule has 0 amide bonds. The molecule has 4 rings (SSSR count). The predicted molar refractivity (Wildman–Crippen MR) is 109 cm³/mol. The number of hydrogen-bond donors (Lipinski definition) is 5. The Balaban J connectivity index is 2.12. The molecule has 4 aliphatic carbocycles. The number of aliphatic hydroxyl groups is 5. The van der Waals surface area contributed by atoms with E-state index in [1.165, 1.54) is 27.0 Å². The Morgan fingerprint density at radius 2 is 1.74 bits per heavy atom. The Kier molecular flexibility index (Phi) is 4.35. The third-order valence-electron chi connectivity index (χ3n) is 9.19. The van der Waals surface area contributed by atoms with E-state index < -0.39 is 69.3 Å². The Bertz CT molecular complexity index is 951. The molecule has 0 radical (unpaired) electrons. The summed E-state index contributed by atoms with van der Waals surface area (Å²) < 4.78 is 5.71. The van der Waals surface area contributed by atoms with E-state index in [1.54, 1.807) is 19.9 Å². The van der Waals surface area contributed by atoms with E-state index in [0.29, 0.717) is 5.57 Å². The lowest BCUT2D eigenvalue weighted by molar-refractivity contribution is -0.322. The van der Waals surface area contributed by atoms with Crippen LogP contribution >= 0.6 is 0 Å². The van der Waals surface area contributed by atoms with Crippen molar-refractivity contribution in [3.63, 3.8) is 0 Å². The van der Waals surface area contributed by atoms with Crippen molar-refractivity contribution in [2.24, 2.45) is 23.2 Å². The Morgan fingerprint density at radius 1 is 1.16 bits per heavy atom. The molecule has 0 aromatic rings. The smallest absolute Gasteiger partial charge is 0.190 e. The van der Waals surface area contributed by atoms with E-state index in [0.717, 1.165) is 6.92 Å². The first-order valence-corrected chi connectivity index (χ1v) is 10.6. The molecule has 8 heteroatoms. The third kappa shape index (κ3) is 2.00. The minimum atomic E-state index is -2.53. The highest BCUT2D eigenvalue weighted by Gasteiger charge is 2.94. The van der Waals surface area contributed by atoms with E-state index in [9.17, 15) is 35.1 Å². The number of carbonyl (C=O) groups excluding carboxylic acids is 2. The average Bonchev–Trinajstić information content (AvgIpc) is 3.10. The number of methoxy groups -OCH3 is 1. The fourth-order valence-electron chi connectivity index (χ4n) is 7.44. The topological polar surface area (TPSA) is 145 Å². The number of carbonyl (C=O) groups is 2. The van der Waals surface area contributed by atoms with Crippen LogP contribution in [0.5, 0.6) is 0 Å². The zero-order chi connectivity index (χ0) is 23.6. The molecule has 0 aromatic heterocycles. The molecule has 8 atom stereocenters. The Labute approximate surface area is 181 Å². The summed E-state index contributed by atoms with van der Waals surface area (Å²) in [6.07, 6.45) is 2.82. The summed E-state index contributed by atoms with van der Waals surface area (Å²) in [6.45, 7) is 6.92. The molecule has 0 bridgehead atoms. The van der Waals surface area contributed by atoms with Crippen molar-refractivity contribution in [1.82, 2.24) is 0 Å². The monoisotopic (exact) mass is 436 g/mol. The standard InChI is InChI=1S/C23H32O8/c1-11-7-15-20(27,17(11)26)9-13(10-24)8-14-16-18(3,4)23(16,30)22(29,12(2)25)19(5,31-6)21(14,15)28/h7-8,14-16,24,27-30H,9-10H2,1-6H3/t14-,15+,16-,19+,20+,21+,22+,23-/m0/s1. The fraction of sp³-hybridized carbons (Fsp3) is 0.739. The molecule has 0 heterocycles. The van der Waals surface area contributed by atoms with E-state index >= 15 is 0 Å². The first kappa shape index (κ1) is 22.8. The molecular weight excluding hydrogens is 404 g/mol.